The van der Waals surface area contributed by atoms with E-state index in [1.807, 2.05) is 36.5 Å². The number of hydrogen-bond donors (Lipinski definition) is 1. The molecule has 2 heterocycles. The first-order valence-corrected chi connectivity index (χ1v) is 11.9. The van der Waals surface area contributed by atoms with Gasteiger partial charge in [0.25, 0.3) is 0 Å². The van der Waals surface area contributed by atoms with Crippen LogP contribution in [0.5, 0.6) is 11.5 Å². The van der Waals surface area contributed by atoms with Crippen LogP contribution in [0.3, 0.4) is 0 Å². The number of rotatable bonds is 8. The third-order valence-corrected chi connectivity index (χ3v) is 6.18. The van der Waals surface area contributed by atoms with Gasteiger partial charge in [0, 0.05) is 37.8 Å². The molecule has 3 aromatic rings. The molecule has 1 amide bonds. The summed E-state index contributed by atoms with van der Waals surface area (Å²) in [7, 11) is 0. The minimum absolute atomic E-state index is 0.00558. The first kappa shape index (κ1) is 24.3. The van der Waals surface area contributed by atoms with Crippen molar-refractivity contribution < 1.29 is 24.2 Å². The molecule has 0 spiro atoms. The van der Waals surface area contributed by atoms with Gasteiger partial charge < -0.3 is 19.5 Å². The molecule has 1 saturated heterocycles. The molecule has 1 aromatic heterocycles. The average molecular weight is 475 g/mol. The predicted octanol–water partition coefficient (Wildman–Crippen LogP) is 4.84. The molecule has 4 rings (SSSR count). The first-order valence-electron chi connectivity index (χ1n) is 11.9. The molecular weight excluding hydrogens is 444 g/mol. The van der Waals surface area contributed by atoms with Crippen molar-refractivity contribution in [1.82, 2.24) is 9.88 Å². The van der Waals surface area contributed by atoms with Crippen molar-refractivity contribution in [1.29, 1.82) is 0 Å². The highest BCUT2D eigenvalue weighted by atomic mass is 16.6. The molecule has 0 radical (unpaired) electrons. The van der Waals surface area contributed by atoms with Gasteiger partial charge in [-0.25, -0.2) is 4.79 Å². The van der Waals surface area contributed by atoms with Gasteiger partial charge in [0.1, 0.15) is 17.6 Å². The maximum absolute atomic E-state index is 12.6. The lowest BCUT2D eigenvalue weighted by molar-refractivity contribution is -0.136. The molecule has 0 aliphatic carbocycles. The van der Waals surface area contributed by atoms with E-state index in [0.717, 1.165) is 24.1 Å². The Hall–Kier alpha value is -3.87. The van der Waals surface area contributed by atoms with Crippen LogP contribution in [0.1, 0.15) is 35.2 Å². The fraction of sp³-hybridized carbons (Fsp3) is 0.321. The molecule has 0 saturated carbocycles. The number of likely N-dealkylation sites (tertiary alicyclic amines) is 1. The lowest BCUT2D eigenvalue weighted by atomic mass is 10.1. The standard InChI is InChI=1S/C28H30N2O5/c1-20-3-2-16-29-26(20)13-8-21-4-9-24(10-5-21)35-28(33)30-17-14-25(15-18-30)34-23-11-6-22(7-12-23)19-27(31)32/h2-7,9-12,16,25H,8,13-15,17-19H2,1H3,(H,31,32). The average Bonchev–Trinajstić information content (AvgIpc) is 2.86. The zero-order valence-corrected chi connectivity index (χ0v) is 19.9. The summed E-state index contributed by atoms with van der Waals surface area (Å²) in [6.45, 7) is 3.19. The van der Waals surface area contributed by atoms with Gasteiger partial charge in [-0.2, -0.15) is 0 Å². The number of ether oxygens (including phenoxy) is 2. The summed E-state index contributed by atoms with van der Waals surface area (Å²) < 4.78 is 11.6. The summed E-state index contributed by atoms with van der Waals surface area (Å²) >= 11 is 0. The number of carboxylic acids is 1. The minimum atomic E-state index is -0.857. The summed E-state index contributed by atoms with van der Waals surface area (Å²) in [6, 6.07) is 18.8. The summed E-state index contributed by atoms with van der Waals surface area (Å²) in [5.41, 5.74) is 4.20. The number of carboxylic acid groups (broad SMARTS) is 1. The molecule has 182 valence electrons. The van der Waals surface area contributed by atoms with Crippen molar-refractivity contribution in [2.45, 2.75) is 45.1 Å². The maximum Gasteiger partial charge on any atom is 0.415 e. The van der Waals surface area contributed by atoms with Gasteiger partial charge in [-0.05, 0) is 66.8 Å². The smallest absolute Gasteiger partial charge is 0.415 e. The van der Waals surface area contributed by atoms with Crippen LogP contribution in [-0.2, 0) is 24.1 Å². The quantitative estimate of drug-likeness (QED) is 0.502. The highest BCUT2D eigenvalue weighted by Gasteiger charge is 2.25. The Bertz CT molecular complexity index is 1140. The van der Waals surface area contributed by atoms with Gasteiger partial charge in [0.15, 0.2) is 0 Å². The van der Waals surface area contributed by atoms with Crippen molar-refractivity contribution in [3.05, 3.63) is 89.2 Å². The van der Waals surface area contributed by atoms with Gasteiger partial charge in [-0.1, -0.05) is 30.3 Å². The number of nitrogens with zero attached hydrogens (tertiary/aromatic N) is 2. The van der Waals surface area contributed by atoms with Gasteiger partial charge >= 0.3 is 12.1 Å². The third kappa shape index (κ3) is 7.06. The fourth-order valence-corrected chi connectivity index (χ4v) is 4.14. The topological polar surface area (TPSA) is 89.0 Å². The van der Waals surface area contributed by atoms with Crippen molar-refractivity contribution in [2.24, 2.45) is 0 Å². The van der Waals surface area contributed by atoms with Crippen molar-refractivity contribution in [3.8, 4) is 11.5 Å². The number of carbonyl (C=O) groups is 2. The summed E-state index contributed by atoms with van der Waals surface area (Å²) in [4.78, 5) is 29.5. The largest absolute Gasteiger partial charge is 0.490 e. The molecule has 0 unspecified atom stereocenters. The predicted molar refractivity (Wildman–Crippen MR) is 132 cm³/mol. The summed E-state index contributed by atoms with van der Waals surface area (Å²) in [5, 5.41) is 8.87. The number of aryl methyl sites for hydroxylation is 3. The molecule has 7 heteroatoms. The Kier molecular flexibility index (Phi) is 7.98. The lowest BCUT2D eigenvalue weighted by Gasteiger charge is -2.31. The number of carbonyl (C=O) groups excluding carboxylic acids is 1. The van der Waals surface area contributed by atoms with E-state index in [2.05, 4.69) is 18.0 Å². The monoisotopic (exact) mass is 474 g/mol. The van der Waals surface area contributed by atoms with Crippen molar-refractivity contribution in [3.63, 3.8) is 0 Å². The molecule has 1 fully saturated rings. The zero-order valence-electron chi connectivity index (χ0n) is 19.9. The zero-order chi connectivity index (χ0) is 24.6. The number of piperidine rings is 1. The normalized spacial score (nSPS) is 13.9. The van der Waals surface area contributed by atoms with E-state index >= 15 is 0 Å². The molecule has 7 nitrogen and oxygen atoms in total. The van der Waals surface area contributed by atoms with Gasteiger partial charge in [0.05, 0.1) is 6.42 Å². The molecule has 1 aliphatic rings. The van der Waals surface area contributed by atoms with Crippen molar-refractivity contribution >= 4 is 12.1 Å². The summed E-state index contributed by atoms with van der Waals surface area (Å²) in [5.74, 6) is 0.385. The Labute approximate surface area is 205 Å². The van der Waals surface area contributed by atoms with Crippen LogP contribution in [0.4, 0.5) is 4.79 Å². The van der Waals surface area contributed by atoms with Crippen LogP contribution >= 0.6 is 0 Å². The minimum Gasteiger partial charge on any atom is -0.490 e. The number of hydrogen-bond acceptors (Lipinski definition) is 5. The van der Waals surface area contributed by atoms with E-state index in [0.29, 0.717) is 37.4 Å². The number of aromatic nitrogens is 1. The Morgan fingerprint density at radius 2 is 1.60 bits per heavy atom. The van der Waals surface area contributed by atoms with E-state index in [4.69, 9.17) is 14.6 Å². The molecule has 2 aromatic carbocycles. The Balaban J connectivity index is 1.21. The van der Waals surface area contributed by atoms with E-state index in [1.165, 1.54) is 11.1 Å². The molecule has 1 N–H and O–H groups in total. The molecule has 35 heavy (non-hydrogen) atoms. The van der Waals surface area contributed by atoms with E-state index < -0.39 is 5.97 Å². The highest BCUT2D eigenvalue weighted by Crippen LogP contribution is 2.21. The van der Waals surface area contributed by atoms with Crippen LogP contribution < -0.4 is 9.47 Å². The third-order valence-electron chi connectivity index (χ3n) is 6.18. The van der Waals surface area contributed by atoms with E-state index in [-0.39, 0.29) is 18.6 Å². The van der Waals surface area contributed by atoms with E-state index in [9.17, 15) is 9.59 Å². The van der Waals surface area contributed by atoms with Gasteiger partial charge in [-0.15, -0.1) is 0 Å². The first-order chi connectivity index (χ1) is 17.0. The van der Waals surface area contributed by atoms with E-state index in [1.54, 1.807) is 29.2 Å². The molecule has 1 aliphatic heterocycles. The second kappa shape index (κ2) is 11.5. The Morgan fingerprint density at radius 3 is 2.26 bits per heavy atom. The summed E-state index contributed by atoms with van der Waals surface area (Å²) in [6.07, 6.45) is 4.63. The number of aliphatic carboxylic acids is 1. The second-order valence-corrected chi connectivity index (χ2v) is 8.80. The Morgan fingerprint density at radius 1 is 0.943 bits per heavy atom. The van der Waals surface area contributed by atoms with Crippen LogP contribution in [-0.4, -0.2) is 46.2 Å². The number of benzene rings is 2. The van der Waals surface area contributed by atoms with Crippen LogP contribution in [0, 0.1) is 6.92 Å². The lowest BCUT2D eigenvalue weighted by Crippen LogP contribution is -2.43. The fourth-order valence-electron chi connectivity index (χ4n) is 4.14. The molecular formula is C28H30N2O5. The highest BCUT2D eigenvalue weighted by molar-refractivity contribution is 5.71. The van der Waals surface area contributed by atoms with Crippen molar-refractivity contribution in [2.75, 3.05) is 13.1 Å². The molecule has 0 bridgehead atoms. The maximum atomic E-state index is 12.6. The van der Waals surface area contributed by atoms with Gasteiger partial charge in [0.2, 0.25) is 0 Å². The number of pyridine rings is 1. The number of amides is 1. The van der Waals surface area contributed by atoms with Crippen LogP contribution in [0.2, 0.25) is 0 Å². The second-order valence-electron chi connectivity index (χ2n) is 8.80. The SMILES string of the molecule is Cc1cccnc1CCc1ccc(OC(=O)N2CCC(Oc3ccc(CC(=O)O)cc3)CC2)cc1. The molecule has 0 atom stereocenters. The van der Waals surface area contributed by atoms with Gasteiger partial charge in [-0.3, -0.25) is 9.78 Å². The van der Waals surface area contributed by atoms with Crippen LogP contribution in [0.15, 0.2) is 66.9 Å². The van der Waals surface area contributed by atoms with Crippen LogP contribution in [0.25, 0.3) is 0 Å².